The Hall–Kier alpha value is -3.19. The van der Waals surface area contributed by atoms with Crippen LogP contribution in [0.5, 0.6) is 0 Å². The van der Waals surface area contributed by atoms with Crippen molar-refractivity contribution in [2.75, 3.05) is 6.61 Å². The smallest absolute Gasteiger partial charge is 0.330 e. The van der Waals surface area contributed by atoms with Crippen LogP contribution in [0.4, 0.5) is 0 Å². The van der Waals surface area contributed by atoms with Crippen LogP contribution in [0.25, 0.3) is 0 Å². The lowest BCUT2D eigenvalue weighted by atomic mass is 10.2. The first kappa shape index (κ1) is 35.7. The van der Waals surface area contributed by atoms with Crippen molar-refractivity contribution in [2.24, 2.45) is 0 Å². The summed E-state index contributed by atoms with van der Waals surface area (Å²) in [6.07, 6.45) is 3.62. The molecule has 0 bridgehead atoms. The maximum atomic E-state index is 13.1. The zero-order valence-corrected chi connectivity index (χ0v) is 30.9. The summed E-state index contributed by atoms with van der Waals surface area (Å²) >= 11 is 0. The van der Waals surface area contributed by atoms with Crippen molar-refractivity contribution in [3.63, 3.8) is 0 Å². The van der Waals surface area contributed by atoms with Gasteiger partial charge in [-0.25, -0.2) is 14.3 Å². The van der Waals surface area contributed by atoms with E-state index in [1.54, 1.807) is 13.1 Å². The van der Waals surface area contributed by atoms with Gasteiger partial charge in [-0.2, -0.15) is 0 Å². The van der Waals surface area contributed by atoms with Gasteiger partial charge in [0, 0.05) is 24.4 Å². The summed E-state index contributed by atoms with van der Waals surface area (Å²) in [5.41, 5.74) is -1.02. The molecule has 0 radical (unpaired) electrons. The minimum Gasteiger partial charge on any atom is -0.414 e. The van der Waals surface area contributed by atoms with Gasteiger partial charge in [-0.15, -0.1) is 5.10 Å². The Bertz CT molecular complexity index is 1790. The number of hydrogen-bond donors (Lipinski definition) is 2. The molecule has 3 aromatic rings. The largest absolute Gasteiger partial charge is 0.414 e. The van der Waals surface area contributed by atoms with Crippen LogP contribution in [0.2, 0.25) is 36.3 Å². The Balaban J connectivity index is 1.58. The Morgan fingerprint density at radius 1 is 0.891 bits per heavy atom. The maximum Gasteiger partial charge on any atom is 0.330 e. The van der Waals surface area contributed by atoms with Crippen LogP contribution in [-0.2, 0) is 26.7 Å². The van der Waals surface area contributed by atoms with Gasteiger partial charge in [0.05, 0.1) is 37.6 Å². The molecule has 4 rings (SSSR count). The number of rotatable bonds is 10. The monoisotopic (exact) mass is 675 g/mol. The zero-order chi connectivity index (χ0) is 34.4. The second kappa shape index (κ2) is 12.8. The summed E-state index contributed by atoms with van der Waals surface area (Å²) in [5.74, 6) is 0. The van der Waals surface area contributed by atoms with E-state index < -0.39 is 51.5 Å². The molecule has 3 aromatic heterocycles. The van der Waals surface area contributed by atoms with Gasteiger partial charge < -0.3 is 13.6 Å². The molecule has 4 heterocycles. The van der Waals surface area contributed by atoms with E-state index in [-0.39, 0.29) is 34.8 Å². The van der Waals surface area contributed by atoms with E-state index in [4.69, 9.17) is 13.6 Å². The predicted octanol–water partition coefficient (Wildman–Crippen LogP) is 3.08. The predicted molar refractivity (Wildman–Crippen MR) is 179 cm³/mol. The highest BCUT2D eigenvalue weighted by Gasteiger charge is 2.46. The highest BCUT2D eigenvalue weighted by molar-refractivity contribution is 6.74. The molecule has 0 spiro atoms. The number of ether oxygens (including phenoxy) is 1. The lowest BCUT2D eigenvalue weighted by molar-refractivity contribution is -0.0413. The van der Waals surface area contributed by atoms with Crippen molar-refractivity contribution in [3.8, 4) is 0 Å². The van der Waals surface area contributed by atoms with Crippen LogP contribution >= 0.6 is 0 Å². The number of hydrogen-bond acceptors (Lipinski definition) is 9. The van der Waals surface area contributed by atoms with Crippen molar-refractivity contribution in [3.05, 3.63) is 77.1 Å². The molecule has 2 N–H and O–H groups in total. The summed E-state index contributed by atoms with van der Waals surface area (Å²) in [7, 11) is -4.29. The van der Waals surface area contributed by atoms with Gasteiger partial charge >= 0.3 is 11.4 Å². The summed E-state index contributed by atoms with van der Waals surface area (Å²) in [6, 6.07) is 0. The molecule has 0 amide bonds. The average molecular weight is 676 g/mol. The second-order valence-electron chi connectivity index (χ2n) is 15.3. The fourth-order valence-electron chi connectivity index (χ4n) is 4.63. The van der Waals surface area contributed by atoms with E-state index in [0.29, 0.717) is 24.3 Å². The van der Waals surface area contributed by atoms with E-state index in [1.807, 2.05) is 0 Å². The highest BCUT2D eigenvalue weighted by atomic mass is 28.4. The topological polar surface area (TPSA) is 168 Å². The van der Waals surface area contributed by atoms with E-state index in [9.17, 15) is 19.2 Å². The molecule has 0 unspecified atom stereocenters. The third kappa shape index (κ3) is 7.84. The van der Waals surface area contributed by atoms with Gasteiger partial charge in [0.15, 0.2) is 16.6 Å². The SMILES string of the molecule is Cc1cn(Cc2cn(Cc3cn([C@H]4C[C@H](O[Si](C)(C)C(C)(C)C)[C@@H](CO[Si](C)(C)C(C)(C)C)O4)c(=O)[nH]c3=O)nn2)c(=O)[nH]c1=O. The summed E-state index contributed by atoms with van der Waals surface area (Å²) in [5, 5.41) is 8.20. The lowest BCUT2D eigenvalue weighted by Crippen LogP contribution is -2.48. The van der Waals surface area contributed by atoms with Crippen molar-refractivity contribution >= 4 is 16.6 Å². The lowest BCUT2D eigenvalue weighted by Gasteiger charge is -2.40. The van der Waals surface area contributed by atoms with Crippen LogP contribution in [0.1, 0.15) is 71.0 Å². The van der Waals surface area contributed by atoms with Gasteiger partial charge in [-0.05, 0) is 43.2 Å². The molecule has 14 nitrogen and oxygen atoms in total. The van der Waals surface area contributed by atoms with Crippen molar-refractivity contribution in [1.82, 2.24) is 34.1 Å². The number of aromatic nitrogens is 7. The van der Waals surface area contributed by atoms with Crippen LogP contribution in [-0.4, -0.2) is 69.5 Å². The molecule has 1 saturated heterocycles. The maximum absolute atomic E-state index is 13.1. The van der Waals surface area contributed by atoms with Gasteiger partial charge in [-0.3, -0.25) is 28.7 Å². The van der Waals surface area contributed by atoms with Gasteiger partial charge in [0.2, 0.25) is 0 Å². The third-order valence-electron chi connectivity index (χ3n) is 9.64. The van der Waals surface area contributed by atoms with E-state index >= 15 is 0 Å². The van der Waals surface area contributed by atoms with Crippen molar-refractivity contribution in [1.29, 1.82) is 0 Å². The van der Waals surface area contributed by atoms with Gasteiger partial charge in [0.1, 0.15) is 18.0 Å². The van der Waals surface area contributed by atoms with Crippen molar-refractivity contribution in [2.45, 2.75) is 123 Å². The first-order chi connectivity index (χ1) is 21.1. The molecule has 1 fully saturated rings. The molecule has 254 valence electrons. The van der Waals surface area contributed by atoms with Crippen LogP contribution in [0.3, 0.4) is 0 Å². The first-order valence-corrected chi connectivity index (χ1v) is 21.4. The van der Waals surface area contributed by atoms with Gasteiger partial charge in [0.25, 0.3) is 11.1 Å². The normalized spacial score (nSPS) is 19.6. The van der Waals surface area contributed by atoms with Gasteiger partial charge in [-0.1, -0.05) is 46.8 Å². The molecule has 46 heavy (non-hydrogen) atoms. The summed E-state index contributed by atoms with van der Waals surface area (Å²) in [4.78, 5) is 54.6. The molecule has 16 heteroatoms. The zero-order valence-electron chi connectivity index (χ0n) is 28.9. The Labute approximate surface area is 270 Å². The highest BCUT2D eigenvalue weighted by Crippen LogP contribution is 2.42. The minimum atomic E-state index is -2.20. The standard InChI is InChI=1S/C30H49N7O7Si2/c1-19-13-35(27(40)31-25(19)38)16-21-17-36(34-33-21)14-20-15-37(28(41)32-26(20)39)24-12-22(44-46(10,11)30(5,6)7)23(43-24)18-42-45(8,9)29(2,3)4/h13,15,17,22-24H,12,14,16,18H2,1-11H3,(H,31,38,40)(H,32,39,41)/t22-,23+,24+/m0/s1. The molecule has 1 aliphatic heterocycles. The fourth-order valence-corrected chi connectivity index (χ4v) is 7.01. The quantitative estimate of drug-likeness (QED) is 0.307. The third-order valence-corrected chi connectivity index (χ3v) is 18.6. The fraction of sp³-hybridized carbons (Fsp3) is 0.667. The molecule has 0 aromatic carbocycles. The number of nitrogens with one attached hydrogen (secondary N) is 2. The molecular weight excluding hydrogens is 627 g/mol. The van der Waals surface area contributed by atoms with Crippen LogP contribution in [0, 0.1) is 6.92 Å². The Morgan fingerprint density at radius 2 is 1.52 bits per heavy atom. The molecule has 1 aliphatic rings. The molecular formula is C30H49N7O7Si2. The molecule has 0 saturated carbocycles. The minimum absolute atomic E-state index is 0.0155. The van der Waals surface area contributed by atoms with E-state index in [0.717, 1.165) is 0 Å². The number of nitrogens with zero attached hydrogens (tertiary/aromatic N) is 5. The Morgan fingerprint density at radius 3 is 2.15 bits per heavy atom. The summed E-state index contributed by atoms with van der Waals surface area (Å²) in [6.45, 7) is 23.9. The van der Waals surface area contributed by atoms with Crippen LogP contribution in [0.15, 0.2) is 37.8 Å². The average Bonchev–Trinajstić information content (AvgIpc) is 3.52. The summed E-state index contributed by atoms with van der Waals surface area (Å²) < 4.78 is 24.1. The Kier molecular flexibility index (Phi) is 9.91. The molecule has 0 aliphatic carbocycles. The molecule has 3 atom stereocenters. The van der Waals surface area contributed by atoms with Crippen LogP contribution < -0.4 is 22.5 Å². The van der Waals surface area contributed by atoms with E-state index in [1.165, 1.54) is 26.2 Å². The number of aromatic amines is 2. The first-order valence-electron chi connectivity index (χ1n) is 15.6. The number of H-pyrrole nitrogens is 2. The van der Waals surface area contributed by atoms with E-state index in [2.05, 4.69) is 88.0 Å². The van der Waals surface area contributed by atoms with Crippen molar-refractivity contribution < 1.29 is 13.6 Å². The number of aryl methyl sites for hydroxylation is 1. The second-order valence-corrected chi connectivity index (χ2v) is 24.8.